The second-order valence-electron chi connectivity index (χ2n) is 5.33. The molecule has 1 aliphatic rings. The number of hydrogen-bond acceptors (Lipinski definition) is 6. The number of fused-ring (bicyclic) bond motifs is 1. The van der Waals surface area contributed by atoms with Gasteiger partial charge in [0.05, 0.1) is 12.0 Å². The molecule has 1 aliphatic heterocycles. The van der Waals surface area contributed by atoms with Crippen LogP contribution in [0.2, 0.25) is 0 Å². The molecule has 4 rings (SSSR count). The van der Waals surface area contributed by atoms with Crippen LogP contribution in [0.1, 0.15) is 5.76 Å². The number of carbonyl (C=O) groups excluding carboxylic acids is 2. The highest BCUT2D eigenvalue weighted by Gasteiger charge is 2.25. The van der Waals surface area contributed by atoms with E-state index in [1.54, 1.807) is 31.6 Å². The number of nitrogens with zero attached hydrogens (tertiary/aromatic N) is 1. The van der Waals surface area contributed by atoms with Gasteiger partial charge in [-0.05, 0) is 35.5 Å². The van der Waals surface area contributed by atoms with Crippen molar-refractivity contribution in [1.82, 2.24) is 10.3 Å². The first-order chi connectivity index (χ1) is 12.1. The second kappa shape index (κ2) is 6.10. The zero-order valence-corrected chi connectivity index (χ0v) is 13.9. The molecule has 1 aromatic carbocycles. The highest BCUT2D eigenvalue weighted by Crippen LogP contribution is 2.33. The van der Waals surface area contributed by atoms with E-state index in [1.165, 1.54) is 0 Å². The Bertz CT molecular complexity index is 1020. The fraction of sp³-hybridized carbons (Fsp3) is 0.0556. The minimum Gasteiger partial charge on any atom is -0.497 e. The number of nitrogens with one attached hydrogen (secondary N) is 1. The minimum atomic E-state index is -0.413. The molecule has 0 radical (unpaired) electrons. The molecule has 0 bridgehead atoms. The maximum absolute atomic E-state index is 11.7. The standard InChI is InChI=1S/C18H12N2O4S/c1-23-12-4-2-10(3-5-12)14-9-19-8-11-6-13(24-16(11)14)7-15-17(21)20-18(22)25-15/h2-9H,1H3,(H,20,21,22). The molecule has 0 saturated carbocycles. The molecule has 2 aromatic heterocycles. The Kier molecular flexibility index (Phi) is 3.77. The molecule has 0 spiro atoms. The first kappa shape index (κ1) is 15.5. The summed E-state index contributed by atoms with van der Waals surface area (Å²) in [6.07, 6.45) is 4.98. The summed E-state index contributed by atoms with van der Waals surface area (Å²) in [7, 11) is 1.62. The lowest BCUT2D eigenvalue weighted by atomic mass is 10.1. The zero-order chi connectivity index (χ0) is 17.4. The van der Waals surface area contributed by atoms with Crippen LogP contribution in [0, 0.1) is 0 Å². The van der Waals surface area contributed by atoms with Crippen LogP contribution in [0.5, 0.6) is 5.75 Å². The Labute approximate surface area is 146 Å². The molecular formula is C18H12N2O4S. The Hall–Kier alpha value is -3.06. The van der Waals surface area contributed by atoms with Crippen LogP contribution < -0.4 is 10.1 Å². The van der Waals surface area contributed by atoms with Crippen LogP contribution in [-0.4, -0.2) is 23.2 Å². The third-order valence-electron chi connectivity index (χ3n) is 3.76. The van der Waals surface area contributed by atoms with E-state index >= 15 is 0 Å². The number of rotatable bonds is 3. The van der Waals surface area contributed by atoms with Gasteiger partial charge in [-0.25, -0.2) is 0 Å². The normalized spacial score (nSPS) is 15.8. The summed E-state index contributed by atoms with van der Waals surface area (Å²) in [5, 5.41) is 2.65. The lowest BCUT2D eigenvalue weighted by Gasteiger charge is -2.04. The number of benzene rings is 1. The second-order valence-corrected chi connectivity index (χ2v) is 6.35. The number of ether oxygens (including phenoxy) is 1. The van der Waals surface area contributed by atoms with E-state index < -0.39 is 5.91 Å². The van der Waals surface area contributed by atoms with Crippen molar-refractivity contribution in [2.45, 2.75) is 0 Å². The molecule has 124 valence electrons. The molecule has 1 fully saturated rings. The van der Waals surface area contributed by atoms with E-state index in [0.29, 0.717) is 16.2 Å². The first-order valence-electron chi connectivity index (χ1n) is 7.41. The van der Waals surface area contributed by atoms with E-state index in [-0.39, 0.29) is 5.24 Å². The van der Waals surface area contributed by atoms with E-state index in [4.69, 9.17) is 9.15 Å². The SMILES string of the molecule is COc1ccc(-c2cncc3cc(C=C4SC(=O)NC4=O)oc23)cc1. The summed E-state index contributed by atoms with van der Waals surface area (Å²) in [5.41, 5.74) is 2.45. The molecule has 7 heteroatoms. The summed E-state index contributed by atoms with van der Waals surface area (Å²) in [6.45, 7) is 0. The number of imide groups is 1. The smallest absolute Gasteiger partial charge is 0.290 e. The van der Waals surface area contributed by atoms with Crippen molar-refractivity contribution >= 4 is 40.0 Å². The molecule has 1 N–H and O–H groups in total. The number of thioether (sulfide) groups is 1. The van der Waals surface area contributed by atoms with Crippen molar-refractivity contribution < 1.29 is 18.7 Å². The van der Waals surface area contributed by atoms with Crippen LogP contribution >= 0.6 is 11.8 Å². The van der Waals surface area contributed by atoms with Gasteiger partial charge in [0.15, 0.2) is 0 Å². The van der Waals surface area contributed by atoms with Gasteiger partial charge in [-0.15, -0.1) is 0 Å². The molecule has 6 nitrogen and oxygen atoms in total. The molecule has 2 amide bonds. The topological polar surface area (TPSA) is 81.4 Å². The highest BCUT2D eigenvalue weighted by atomic mass is 32.2. The fourth-order valence-electron chi connectivity index (χ4n) is 2.58. The van der Waals surface area contributed by atoms with Gasteiger partial charge in [0, 0.05) is 29.4 Å². The number of hydrogen-bond donors (Lipinski definition) is 1. The van der Waals surface area contributed by atoms with E-state index in [9.17, 15) is 9.59 Å². The summed E-state index contributed by atoms with van der Waals surface area (Å²) >= 11 is 0.855. The maximum atomic E-state index is 11.7. The average molecular weight is 352 g/mol. The van der Waals surface area contributed by atoms with Crippen LogP contribution in [0.15, 0.2) is 52.0 Å². The molecular weight excluding hydrogens is 340 g/mol. The minimum absolute atomic E-state index is 0.308. The number of pyridine rings is 1. The quantitative estimate of drug-likeness (QED) is 0.722. The molecule has 1 saturated heterocycles. The van der Waals surface area contributed by atoms with Gasteiger partial charge in [0.2, 0.25) is 0 Å². The number of aromatic nitrogens is 1. The van der Waals surface area contributed by atoms with E-state index in [1.807, 2.05) is 24.3 Å². The Morgan fingerprint density at radius 3 is 2.68 bits per heavy atom. The molecule has 0 aliphatic carbocycles. The summed E-state index contributed by atoms with van der Waals surface area (Å²) in [6, 6.07) is 9.37. The number of amides is 2. The van der Waals surface area contributed by atoms with Gasteiger partial charge < -0.3 is 9.15 Å². The van der Waals surface area contributed by atoms with Crippen molar-refractivity contribution in [2.24, 2.45) is 0 Å². The van der Waals surface area contributed by atoms with Gasteiger partial charge in [-0.3, -0.25) is 19.9 Å². The van der Waals surface area contributed by atoms with Crippen molar-refractivity contribution in [3.8, 4) is 16.9 Å². The lowest BCUT2D eigenvalue weighted by Crippen LogP contribution is -2.17. The van der Waals surface area contributed by atoms with Crippen molar-refractivity contribution in [3.63, 3.8) is 0 Å². The summed E-state index contributed by atoms with van der Waals surface area (Å²) in [4.78, 5) is 27.5. The molecule has 0 atom stereocenters. The summed E-state index contributed by atoms with van der Waals surface area (Å²) in [5.74, 6) is 0.844. The lowest BCUT2D eigenvalue weighted by molar-refractivity contribution is -0.115. The molecule has 0 unspecified atom stereocenters. The maximum Gasteiger partial charge on any atom is 0.290 e. The van der Waals surface area contributed by atoms with Crippen LogP contribution in [-0.2, 0) is 4.79 Å². The van der Waals surface area contributed by atoms with Gasteiger partial charge >= 0.3 is 0 Å². The average Bonchev–Trinajstić information content (AvgIpc) is 3.17. The van der Waals surface area contributed by atoms with Crippen molar-refractivity contribution in [3.05, 3.63) is 53.4 Å². The monoisotopic (exact) mass is 352 g/mol. The van der Waals surface area contributed by atoms with Crippen LogP contribution in [0.3, 0.4) is 0 Å². The van der Waals surface area contributed by atoms with Gasteiger partial charge in [-0.1, -0.05) is 12.1 Å². The van der Waals surface area contributed by atoms with E-state index in [2.05, 4.69) is 10.3 Å². The largest absolute Gasteiger partial charge is 0.497 e. The Balaban J connectivity index is 1.77. The van der Waals surface area contributed by atoms with E-state index in [0.717, 1.165) is 34.0 Å². The fourth-order valence-corrected chi connectivity index (χ4v) is 3.24. The van der Waals surface area contributed by atoms with Gasteiger partial charge in [0.1, 0.15) is 17.1 Å². The predicted octanol–water partition coefficient (Wildman–Crippen LogP) is 3.83. The van der Waals surface area contributed by atoms with Crippen LogP contribution in [0.25, 0.3) is 28.2 Å². The predicted molar refractivity (Wildman–Crippen MR) is 95.1 cm³/mol. The first-order valence-corrected chi connectivity index (χ1v) is 8.22. The number of methoxy groups -OCH3 is 1. The highest BCUT2D eigenvalue weighted by molar-refractivity contribution is 8.18. The van der Waals surface area contributed by atoms with Crippen molar-refractivity contribution in [1.29, 1.82) is 0 Å². The van der Waals surface area contributed by atoms with Gasteiger partial charge in [0.25, 0.3) is 11.1 Å². The van der Waals surface area contributed by atoms with Crippen molar-refractivity contribution in [2.75, 3.05) is 7.11 Å². The summed E-state index contributed by atoms with van der Waals surface area (Å²) < 4.78 is 11.1. The zero-order valence-electron chi connectivity index (χ0n) is 13.1. The van der Waals surface area contributed by atoms with Gasteiger partial charge in [-0.2, -0.15) is 0 Å². The number of carbonyl (C=O) groups is 2. The molecule has 3 heterocycles. The Morgan fingerprint density at radius 2 is 2.00 bits per heavy atom. The number of furan rings is 1. The third-order valence-corrected chi connectivity index (χ3v) is 4.57. The third kappa shape index (κ3) is 2.89. The molecule has 3 aromatic rings. The molecule has 25 heavy (non-hydrogen) atoms. The Morgan fingerprint density at radius 1 is 1.20 bits per heavy atom. The van der Waals surface area contributed by atoms with Crippen LogP contribution in [0.4, 0.5) is 4.79 Å².